The van der Waals surface area contributed by atoms with Gasteiger partial charge >= 0.3 is 0 Å². The van der Waals surface area contributed by atoms with E-state index in [9.17, 15) is 4.39 Å². The van der Waals surface area contributed by atoms with E-state index in [1.54, 1.807) is 28.9 Å². The van der Waals surface area contributed by atoms with Crippen molar-refractivity contribution in [2.75, 3.05) is 5.73 Å². The van der Waals surface area contributed by atoms with Gasteiger partial charge in [-0.05, 0) is 29.8 Å². The lowest BCUT2D eigenvalue weighted by molar-refractivity contribution is 0.629. The molecule has 0 aliphatic carbocycles. The number of benzene rings is 2. The molecule has 0 spiro atoms. The Balaban J connectivity index is 1.93. The van der Waals surface area contributed by atoms with Gasteiger partial charge in [-0.15, -0.1) is 0 Å². The van der Waals surface area contributed by atoms with Crippen LogP contribution in [0.2, 0.25) is 0 Å². The molecule has 0 atom stereocenters. The predicted octanol–water partition coefficient (Wildman–Crippen LogP) is 4.08. The van der Waals surface area contributed by atoms with Crippen LogP contribution in [0.5, 0.6) is 0 Å². The highest BCUT2D eigenvalue weighted by molar-refractivity contribution is 9.10. The minimum atomic E-state index is -0.301. The second-order valence-corrected chi connectivity index (χ2v) is 5.64. The van der Waals surface area contributed by atoms with E-state index < -0.39 is 0 Å². The quantitative estimate of drug-likeness (QED) is 0.777. The van der Waals surface area contributed by atoms with Crippen LogP contribution in [0.15, 0.2) is 59.1 Å². The van der Waals surface area contributed by atoms with Gasteiger partial charge in [-0.2, -0.15) is 5.10 Å². The molecule has 0 unspecified atom stereocenters. The first-order chi connectivity index (χ1) is 10.1. The summed E-state index contributed by atoms with van der Waals surface area (Å²) in [5.41, 5.74) is 8.05. The summed E-state index contributed by atoms with van der Waals surface area (Å²) in [4.78, 5) is 0. The van der Waals surface area contributed by atoms with E-state index in [2.05, 4.69) is 21.0 Å². The van der Waals surface area contributed by atoms with Crippen LogP contribution in [-0.2, 0) is 6.54 Å². The van der Waals surface area contributed by atoms with Crippen LogP contribution < -0.4 is 5.73 Å². The molecule has 1 heterocycles. The van der Waals surface area contributed by atoms with Gasteiger partial charge in [0.25, 0.3) is 0 Å². The number of aromatic nitrogens is 2. The van der Waals surface area contributed by atoms with Gasteiger partial charge in [0.05, 0.1) is 12.2 Å². The molecule has 3 nitrogen and oxygen atoms in total. The Kier molecular flexibility index (Phi) is 3.75. The third kappa shape index (κ3) is 2.97. The molecule has 0 fully saturated rings. The van der Waals surface area contributed by atoms with Gasteiger partial charge < -0.3 is 5.73 Å². The lowest BCUT2D eigenvalue weighted by atomic mass is 10.1. The number of rotatable bonds is 3. The molecule has 106 valence electrons. The van der Waals surface area contributed by atoms with E-state index in [1.807, 2.05) is 24.3 Å². The summed E-state index contributed by atoms with van der Waals surface area (Å²) in [5, 5.41) is 4.40. The third-order valence-corrected chi connectivity index (χ3v) is 3.68. The Labute approximate surface area is 130 Å². The van der Waals surface area contributed by atoms with E-state index in [0.717, 1.165) is 10.0 Å². The van der Waals surface area contributed by atoms with Crippen LogP contribution in [-0.4, -0.2) is 9.78 Å². The number of nitrogens with zero attached hydrogens (tertiary/aromatic N) is 2. The average molecular weight is 346 g/mol. The first kappa shape index (κ1) is 13.8. The van der Waals surface area contributed by atoms with Crippen LogP contribution in [0.3, 0.4) is 0 Å². The molecular weight excluding hydrogens is 333 g/mol. The Hall–Kier alpha value is -2.14. The van der Waals surface area contributed by atoms with Crippen LogP contribution in [0, 0.1) is 5.82 Å². The maximum Gasteiger partial charge on any atom is 0.132 e. The van der Waals surface area contributed by atoms with Gasteiger partial charge in [-0.3, -0.25) is 0 Å². The van der Waals surface area contributed by atoms with Gasteiger partial charge in [0, 0.05) is 16.1 Å². The summed E-state index contributed by atoms with van der Waals surface area (Å²) in [6.07, 6.45) is 0. The summed E-state index contributed by atoms with van der Waals surface area (Å²) >= 11 is 3.43. The highest BCUT2D eigenvalue weighted by atomic mass is 79.9. The maximum atomic E-state index is 13.8. The summed E-state index contributed by atoms with van der Waals surface area (Å²) in [6, 6.07) is 16.1. The molecule has 21 heavy (non-hydrogen) atoms. The summed E-state index contributed by atoms with van der Waals surface area (Å²) in [6.45, 7) is 0.541. The molecule has 3 aromatic rings. The van der Waals surface area contributed by atoms with Crippen molar-refractivity contribution < 1.29 is 4.39 Å². The molecular formula is C16H13BrFN3. The molecule has 2 aromatic carbocycles. The lowest BCUT2D eigenvalue weighted by Crippen LogP contribution is -2.05. The third-order valence-electron chi connectivity index (χ3n) is 3.18. The highest BCUT2D eigenvalue weighted by Crippen LogP contribution is 2.24. The standard InChI is InChI=1S/C16H13BrFN3/c17-12-5-3-4-11(8-12)10-21-16(19)9-15(20-21)13-6-1-2-7-14(13)18/h1-9H,10,19H2. The molecule has 1 aromatic heterocycles. The van der Waals surface area contributed by atoms with E-state index in [-0.39, 0.29) is 5.82 Å². The summed E-state index contributed by atoms with van der Waals surface area (Å²) < 4.78 is 16.5. The van der Waals surface area contributed by atoms with Crippen molar-refractivity contribution in [1.29, 1.82) is 0 Å². The maximum absolute atomic E-state index is 13.8. The number of halogens is 2. The minimum absolute atomic E-state index is 0.301. The summed E-state index contributed by atoms with van der Waals surface area (Å²) in [7, 11) is 0. The van der Waals surface area contributed by atoms with Gasteiger partial charge in [0.15, 0.2) is 0 Å². The van der Waals surface area contributed by atoms with Crippen LogP contribution in [0.4, 0.5) is 10.2 Å². The van der Waals surface area contributed by atoms with Gasteiger partial charge in [-0.25, -0.2) is 9.07 Å². The zero-order valence-electron chi connectivity index (χ0n) is 11.1. The van der Waals surface area contributed by atoms with Crippen molar-refractivity contribution in [3.05, 3.63) is 70.5 Å². The lowest BCUT2D eigenvalue weighted by Gasteiger charge is -2.04. The molecule has 0 aliphatic rings. The number of hydrogen-bond acceptors (Lipinski definition) is 2. The molecule has 0 amide bonds. The van der Waals surface area contributed by atoms with Crippen LogP contribution in [0.1, 0.15) is 5.56 Å². The molecule has 0 saturated carbocycles. The van der Waals surface area contributed by atoms with E-state index in [1.165, 1.54) is 6.07 Å². The molecule has 2 N–H and O–H groups in total. The number of hydrogen-bond donors (Lipinski definition) is 1. The van der Waals surface area contributed by atoms with Crippen molar-refractivity contribution >= 4 is 21.7 Å². The van der Waals surface area contributed by atoms with E-state index >= 15 is 0 Å². The highest BCUT2D eigenvalue weighted by Gasteiger charge is 2.11. The molecule has 0 aliphatic heterocycles. The Morgan fingerprint density at radius 2 is 1.90 bits per heavy atom. The first-order valence-corrected chi connectivity index (χ1v) is 7.25. The molecule has 0 bridgehead atoms. The summed E-state index contributed by atoms with van der Waals surface area (Å²) in [5.74, 6) is 0.206. The molecule has 3 rings (SSSR count). The van der Waals surface area contributed by atoms with Gasteiger partial charge in [0.2, 0.25) is 0 Å². The van der Waals surface area contributed by atoms with Crippen LogP contribution >= 0.6 is 15.9 Å². The normalized spacial score (nSPS) is 10.8. The van der Waals surface area contributed by atoms with Gasteiger partial charge in [-0.1, -0.05) is 40.2 Å². The first-order valence-electron chi connectivity index (χ1n) is 6.46. The van der Waals surface area contributed by atoms with E-state index in [0.29, 0.717) is 23.6 Å². The topological polar surface area (TPSA) is 43.8 Å². The molecule has 0 saturated heterocycles. The predicted molar refractivity (Wildman–Crippen MR) is 85.3 cm³/mol. The van der Waals surface area contributed by atoms with Crippen molar-refractivity contribution in [2.24, 2.45) is 0 Å². The fourth-order valence-electron chi connectivity index (χ4n) is 2.17. The van der Waals surface area contributed by atoms with Crippen molar-refractivity contribution in [3.63, 3.8) is 0 Å². The van der Waals surface area contributed by atoms with Crippen molar-refractivity contribution in [2.45, 2.75) is 6.54 Å². The largest absolute Gasteiger partial charge is 0.384 e. The number of nitrogens with two attached hydrogens (primary N) is 1. The number of nitrogen functional groups attached to an aromatic ring is 1. The second-order valence-electron chi connectivity index (χ2n) is 4.72. The zero-order valence-corrected chi connectivity index (χ0v) is 12.7. The molecule has 0 radical (unpaired) electrons. The SMILES string of the molecule is Nc1cc(-c2ccccc2F)nn1Cc1cccc(Br)c1. The van der Waals surface area contributed by atoms with Crippen LogP contribution in [0.25, 0.3) is 11.3 Å². The fraction of sp³-hybridized carbons (Fsp3) is 0.0625. The van der Waals surface area contributed by atoms with Crippen molar-refractivity contribution in [1.82, 2.24) is 9.78 Å². The second kappa shape index (κ2) is 5.69. The monoisotopic (exact) mass is 345 g/mol. The number of anilines is 1. The van der Waals surface area contributed by atoms with E-state index in [4.69, 9.17) is 5.73 Å². The molecule has 5 heteroatoms. The van der Waals surface area contributed by atoms with Gasteiger partial charge in [0.1, 0.15) is 11.6 Å². The Morgan fingerprint density at radius 3 is 2.67 bits per heavy atom. The van der Waals surface area contributed by atoms with Crippen molar-refractivity contribution in [3.8, 4) is 11.3 Å². The Morgan fingerprint density at radius 1 is 1.10 bits per heavy atom. The minimum Gasteiger partial charge on any atom is -0.384 e. The zero-order chi connectivity index (χ0) is 14.8. The fourth-order valence-corrected chi connectivity index (χ4v) is 2.61. The average Bonchev–Trinajstić information content (AvgIpc) is 2.80. The smallest absolute Gasteiger partial charge is 0.132 e. The Bertz CT molecular complexity index is 783.